The molecule has 0 bridgehead atoms. The highest BCUT2D eigenvalue weighted by molar-refractivity contribution is 5.25. The highest BCUT2D eigenvalue weighted by Gasteiger charge is 2.12. The topological polar surface area (TPSA) is 54.4 Å². The van der Waals surface area contributed by atoms with Crippen molar-refractivity contribution >= 4 is 0 Å². The Morgan fingerprint density at radius 2 is 2.18 bits per heavy atom. The van der Waals surface area contributed by atoms with Gasteiger partial charge in [-0.25, -0.2) is 4.98 Å². The fourth-order valence-corrected chi connectivity index (χ4v) is 1.39. The molecule has 1 heterocycles. The molecular weight excluding hydrogens is 216 g/mol. The number of pyridine rings is 1. The summed E-state index contributed by atoms with van der Waals surface area (Å²) in [6.07, 6.45) is 1.83. The number of aliphatic hydroxyl groups is 1. The van der Waals surface area contributed by atoms with Crippen LogP contribution in [0.15, 0.2) is 18.3 Å². The van der Waals surface area contributed by atoms with Gasteiger partial charge in [0.2, 0.25) is 5.88 Å². The van der Waals surface area contributed by atoms with Crippen molar-refractivity contribution in [2.45, 2.75) is 45.9 Å². The molecule has 0 radical (unpaired) electrons. The summed E-state index contributed by atoms with van der Waals surface area (Å²) >= 11 is 0. The maximum Gasteiger partial charge on any atom is 0.218 e. The van der Waals surface area contributed by atoms with E-state index in [1.807, 2.05) is 26.0 Å². The van der Waals surface area contributed by atoms with E-state index in [-0.39, 0.29) is 6.10 Å². The number of aromatic nitrogens is 1. The predicted octanol–water partition coefficient (Wildman–Crippen LogP) is 1.73. The molecule has 0 aliphatic heterocycles. The highest BCUT2D eigenvalue weighted by Crippen LogP contribution is 2.15. The van der Waals surface area contributed by atoms with Crippen LogP contribution < -0.4 is 10.1 Å². The quantitative estimate of drug-likeness (QED) is 0.792. The summed E-state index contributed by atoms with van der Waals surface area (Å²) in [5.74, 6) is 0.658. The molecule has 1 rings (SSSR count). The van der Waals surface area contributed by atoms with Crippen molar-refractivity contribution in [2.24, 2.45) is 0 Å². The molecule has 0 aliphatic rings. The maximum atomic E-state index is 9.60. The molecule has 2 N–H and O–H groups in total. The summed E-state index contributed by atoms with van der Waals surface area (Å²) < 4.78 is 5.61. The molecule has 0 fully saturated rings. The molecule has 0 amide bonds. The van der Waals surface area contributed by atoms with Crippen LogP contribution in [-0.2, 0) is 6.54 Å². The van der Waals surface area contributed by atoms with E-state index < -0.39 is 5.60 Å². The molecule has 0 atom stereocenters. The largest absolute Gasteiger partial charge is 0.475 e. The standard InChI is InChI=1S/C13H22N2O2/c1-10(2)17-12-11(6-5-7-15-12)8-14-9-13(3,4)16/h5-7,10,14,16H,8-9H2,1-4H3. The van der Waals surface area contributed by atoms with E-state index in [2.05, 4.69) is 10.3 Å². The first-order valence-electron chi connectivity index (χ1n) is 5.92. The minimum atomic E-state index is -0.707. The zero-order valence-electron chi connectivity index (χ0n) is 11.0. The van der Waals surface area contributed by atoms with E-state index in [1.165, 1.54) is 0 Å². The summed E-state index contributed by atoms with van der Waals surface area (Å²) in [4.78, 5) is 4.21. The molecule has 17 heavy (non-hydrogen) atoms. The van der Waals surface area contributed by atoms with Crippen LogP contribution in [0.2, 0.25) is 0 Å². The van der Waals surface area contributed by atoms with Gasteiger partial charge >= 0.3 is 0 Å². The highest BCUT2D eigenvalue weighted by atomic mass is 16.5. The van der Waals surface area contributed by atoms with Gasteiger partial charge < -0.3 is 15.2 Å². The first-order chi connectivity index (χ1) is 7.88. The Kier molecular flexibility index (Phi) is 4.90. The van der Waals surface area contributed by atoms with E-state index >= 15 is 0 Å². The Labute approximate surface area is 103 Å². The Morgan fingerprint density at radius 1 is 1.47 bits per heavy atom. The van der Waals surface area contributed by atoms with Gasteiger partial charge in [0, 0.05) is 24.8 Å². The van der Waals surface area contributed by atoms with E-state index in [9.17, 15) is 5.11 Å². The summed E-state index contributed by atoms with van der Waals surface area (Å²) in [5, 5.41) is 12.8. The van der Waals surface area contributed by atoms with Crippen LogP contribution in [0, 0.1) is 0 Å². The van der Waals surface area contributed by atoms with Gasteiger partial charge in [-0.1, -0.05) is 6.07 Å². The predicted molar refractivity (Wildman–Crippen MR) is 68.0 cm³/mol. The second-order valence-electron chi connectivity index (χ2n) is 5.05. The number of rotatable bonds is 6. The second kappa shape index (κ2) is 5.98. The second-order valence-corrected chi connectivity index (χ2v) is 5.05. The van der Waals surface area contributed by atoms with Crippen molar-refractivity contribution in [3.63, 3.8) is 0 Å². The number of ether oxygens (including phenoxy) is 1. The van der Waals surface area contributed by atoms with Crippen LogP contribution in [0.25, 0.3) is 0 Å². The normalized spacial score (nSPS) is 11.9. The average Bonchev–Trinajstić information content (AvgIpc) is 2.18. The number of nitrogens with zero attached hydrogens (tertiary/aromatic N) is 1. The Balaban J connectivity index is 2.58. The maximum absolute atomic E-state index is 9.60. The monoisotopic (exact) mass is 238 g/mol. The molecule has 4 heteroatoms. The van der Waals surface area contributed by atoms with Gasteiger partial charge in [-0.3, -0.25) is 0 Å². The fourth-order valence-electron chi connectivity index (χ4n) is 1.39. The Bertz CT molecular complexity index is 346. The van der Waals surface area contributed by atoms with Gasteiger partial charge in [0.05, 0.1) is 11.7 Å². The van der Waals surface area contributed by atoms with Crippen LogP contribution >= 0.6 is 0 Å². The molecular formula is C13H22N2O2. The van der Waals surface area contributed by atoms with E-state index in [0.717, 1.165) is 5.56 Å². The first kappa shape index (κ1) is 13.9. The van der Waals surface area contributed by atoms with E-state index in [0.29, 0.717) is 19.0 Å². The SMILES string of the molecule is CC(C)Oc1ncccc1CNCC(C)(C)O. The molecule has 96 valence electrons. The summed E-state index contributed by atoms with van der Waals surface area (Å²) in [6.45, 7) is 8.66. The van der Waals surface area contributed by atoms with Gasteiger partial charge in [-0.05, 0) is 33.8 Å². The Morgan fingerprint density at radius 3 is 2.76 bits per heavy atom. The van der Waals surface area contributed by atoms with Gasteiger partial charge in [-0.2, -0.15) is 0 Å². The number of nitrogens with one attached hydrogen (secondary N) is 1. The third-order valence-corrected chi connectivity index (χ3v) is 2.07. The van der Waals surface area contributed by atoms with E-state index in [1.54, 1.807) is 20.0 Å². The lowest BCUT2D eigenvalue weighted by atomic mass is 10.1. The average molecular weight is 238 g/mol. The zero-order chi connectivity index (χ0) is 12.9. The Hall–Kier alpha value is -1.13. The minimum Gasteiger partial charge on any atom is -0.475 e. The van der Waals surface area contributed by atoms with Crippen LogP contribution in [-0.4, -0.2) is 28.3 Å². The van der Waals surface area contributed by atoms with Crippen LogP contribution in [0.4, 0.5) is 0 Å². The van der Waals surface area contributed by atoms with Crippen molar-refractivity contribution in [2.75, 3.05) is 6.54 Å². The van der Waals surface area contributed by atoms with Gasteiger partial charge in [0.15, 0.2) is 0 Å². The van der Waals surface area contributed by atoms with Gasteiger partial charge in [0.25, 0.3) is 0 Å². The third-order valence-electron chi connectivity index (χ3n) is 2.07. The lowest BCUT2D eigenvalue weighted by Crippen LogP contribution is -2.34. The van der Waals surface area contributed by atoms with Gasteiger partial charge in [-0.15, -0.1) is 0 Å². The molecule has 1 aromatic heterocycles. The minimum absolute atomic E-state index is 0.109. The summed E-state index contributed by atoms with van der Waals surface area (Å²) in [7, 11) is 0. The van der Waals surface area contributed by atoms with Crippen LogP contribution in [0.3, 0.4) is 0 Å². The van der Waals surface area contributed by atoms with Crippen LogP contribution in [0.5, 0.6) is 5.88 Å². The van der Waals surface area contributed by atoms with Crippen molar-refractivity contribution in [3.05, 3.63) is 23.9 Å². The van der Waals surface area contributed by atoms with Crippen molar-refractivity contribution in [3.8, 4) is 5.88 Å². The molecule has 0 aliphatic carbocycles. The molecule has 1 aromatic rings. The number of hydrogen-bond acceptors (Lipinski definition) is 4. The molecule has 0 saturated heterocycles. The first-order valence-corrected chi connectivity index (χ1v) is 5.92. The molecule has 0 spiro atoms. The van der Waals surface area contributed by atoms with Crippen molar-refractivity contribution in [1.29, 1.82) is 0 Å². The summed E-state index contributed by atoms with van der Waals surface area (Å²) in [6, 6.07) is 3.86. The molecule has 4 nitrogen and oxygen atoms in total. The number of hydrogen-bond donors (Lipinski definition) is 2. The lowest BCUT2D eigenvalue weighted by molar-refractivity contribution is 0.0793. The molecule has 0 aromatic carbocycles. The lowest BCUT2D eigenvalue weighted by Gasteiger charge is -2.18. The van der Waals surface area contributed by atoms with E-state index in [4.69, 9.17) is 4.74 Å². The molecule has 0 saturated carbocycles. The van der Waals surface area contributed by atoms with Crippen molar-refractivity contribution in [1.82, 2.24) is 10.3 Å². The van der Waals surface area contributed by atoms with Crippen LogP contribution in [0.1, 0.15) is 33.3 Å². The zero-order valence-corrected chi connectivity index (χ0v) is 11.0. The van der Waals surface area contributed by atoms with Gasteiger partial charge in [0.1, 0.15) is 0 Å². The van der Waals surface area contributed by atoms with Crippen molar-refractivity contribution < 1.29 is 9.84 Å². The smallest absolute Gasteiger partial charge is 0.218 e. The third kappa shape index (κ3) is 5.65. The summed E-state index contributed by atoms with van der Waals surface area (Å²) in [5.41, 5.74) is 0.298. The fraction of sp³-hybridized carbons (Fsp3) is 0.615. The molecule has 0 unspecified atom stereocenters.